The van der Waals surface area contributed by atoms with E-state index >= 15 is 0 Å². The van der Waals surface area contributed by atoms with Crippen molar-refractivity contribution >= 4 is 17.7 Å². The average molecular weight is 371 g/mol. The van der Waals surface area contributed by atoms with Crippen molar-refractivity contribution in [2.75, 3.05) is 26.2 Å². The number of hydrogen-bond donors (Lipinski definition) is 2. The van der Waals surface area contributed by atoms with Gasteiger partial charge >= 0.3 is 6.18 Å². The highest BCUT2D eigenvalue weighted by atomic mass is 19.4. The maximum Gasteiger partial charge on any atom is 0.406 e. The van der Waals surface area contributed by atoms with E-state index in [9.17, 15) is 27.6 Å². The number of amides is 3. The molecule has 0 saturated carbocycles. The molecule has 2 N–H and O–H groups in total. The quantitative estimate of drug-likeness (QED) is 0.699. The maximum absolute atomic E-state index is 12.4. The average Bonchev–Trinajstić information content (AvgIpc) is 2.91. The predicted molar refractivity (Wildman–Crippen MR) is 86.9 cm³/mol. The van der Waals surface area contributed by atoms with Crippen LogP contribution in [-0.4, -0.2) is 55.0 Å². The van der Waals surface area contributed by atoms with Crippen molar-refractivity contribution in [2.45, 2.75) is 19.0 Å². The third-order valence-electron chi connectivity index (χ3n) is 3.91. The second kappa shape index (κ2) is 8.68. The van der Waals surface area contributed by atoms with E-state index in [0.29, 0.717) is 4.90 Å². The van der Waals surface area contributed by atoms with Crippen LogP contribution in [0.15, 0.2) is 30.3 Å². The van der Waals surface area contributed by atoms with Crippen LogP contribution in [0.3, 0.4) is 0 Å². The summed E-state index contributed by atoms with van der Waals surface area (Å²) in [6.45, 7) is -1.25. The molecule has 1 atom stereocenters. The second-order valence-corrected chi connectivity index (χ2v) is 6.09. The Bertz CT molecular complexity index is 650. The monoisotopic (exact) mass is 371 g/mol. The molecule has 0 aliphatic carbocycles. The summed E-state index contributed by atoms with van der Waals surface area (Å²) < 4.78 is 37.1. The van der Waals surface area contributed by atoms with Crippen molar-refractivity contribution in [3.8, 4) is 0 Å². The number of alkyl halides is 3. The molecule has 1 saturated heterocycles. The minimum absolute atomic E-state index is 0.142. The number of carbonyl (C=O) groups excluding carboxylic acids is 3. The van der Waals surface area contributed by atoms with E-state index in [4.69, 9.17) is 0 Å². The van der Waals surface area contributed by atoms with E-state index in [1.54, 1.807) is 0 Å². The van der Waals surface area contributed by atoms with Gasteiger partial charge in [0, 0.05) is 26.1 Å². The summed E-state index contributed by atoms with van der Waals surface area (Å²) in [6, 6.07) is 9.15. The summed E-state index contributed by atoms with van der Waals surface area (Å²) in [5.74, 6) is -2.17. The predicted octanol–water partition coefficient (Wildman–Crippen LogP) is 0.872. The van der Waals surface area contributed by atoms with Gasteiger partial charge in [0.05, 0.1) is 12.3 Å². The molecule has 1 fully saturated rings. The molecule has 0 aromatic heterocycles. The van der Waals surface area contributed by atoms with Crippen molar-refractivity contribution in [2.24, 2.45) is 5.92 Å². The van der Waals surface area contributed by atoms with Crippen LogP contribution in [-0.2, 0) is 20.8 Å². The number of hydrogen-bond acceptors (Lipinski definition) is 3. The smallest absolute Gasteiger partial charge is 0.354 e. The lowest BCUT2D eigenvalue weighted by Gasteiger charge is -2.18. The topological polar surface area (TPSA) is 78.5 Å². The molecular weight excluding hydrogens is 351 g/mol. The van der Waals surface area contributed by atoms with Gasteiger partial charge < -0.3 is 15.5 Å². The molecule has 6 nitrogen and oxygen atoms in total. The first-order chi connectivity index (χ1) is 12.2. The standard InChI is InChI=1S/C17H20F3N3O3/c18-17(19,20)11-23-10-13(9-15(23)25)16(26)22-7-6-21-14(24)8-12-4-2-1-3-5-12/h1-5,13H,6-11H2,(H,21,24)(H,22,26). The molecule has 1 unspecified atom stereocenters. The molecule has 0 bridgehead atoms. The molecule has 9 heteroatoms. The Kier molecular flexibility index (Phi) is 6.59. The highest BCUT2D eigenvalue weighted by Crippen LogP contribution is 2.23. The Morgan fingerprint density at radius 1 is 1.12 bits per heavy atom. The Morgan fingerprint density at radius 3 is 2.42 bits per heavy atom. The number of rotatable bonds is 7. The molecule has 1 aromatic carbocycles. The zero-order chi connectivity index (χ0) is 19.2. The number of benzene rings is 1. The maximum atomic E-state index is 12.4. The van der Waals surface area contributed by atoms with E-state index in [1.807, 2.05) is 30.3 Å². The first-order valence-corrected chi connectivity index (χ1v) is 8.17. The zero-order valence-corrected chi connectivity index (χ0v) is 14.0. The van der Waals surface area contributed by atoms with Crippen molar-refractivity contribution in [3.63, 3.8) is 0 Å². The van der Waals surface area contributed by atoms with Crippen molar-refractivity contribution in [1.29, 1.82) is 0 Å². The molecule has 0 spiro atoms. The second-order valence-electron chi connectivity index (χ2n) is 6.09. The fraction of sp³-hybridized carbons (Fsp3) is 0.471. The molecule has 0 radical (unpaired) electrons. The number of likely N-dealkylation sites (tertiary alicyclic amines) is 1. The Balaban J connectivity index is 1.66. The van der Waals surface area contributed by atoms with E-state index in [2.05, 4.69) is 10.6 Å². The van der Waals surface area contributed by atoms with Gasteiger partial charge in [0.2, 0.25) is 17.7 Å². The van der Waals surface area contributed by atoms with Crippen molar-refractivity contribution in [1.82, 2.24) is 15.5 Å². The van der Waals surface area contributed by atoms with Crippen LogP contribution in [0.25, 0.3) is 0 Å². The minimum atomic E-state index is -4.48. The Morgan fingerprint density at radius 2 is 1.77 bits per heavy atom. The largest absolute Gasteiger partial charge is 0.406 e. The Labute approximate surface area is 148 Å². The van der Waals surface area contributed by atoms with Crippen LogP contribution in [0, 0.1) is 5.92 Å². The minimum Gasteiger partial charge on any atom is -0.354 e. The highest BCUT2D eigenvalue weighted by molar-refractivity contribution is 5.89. The molecule has 1 heterocycles. The Hall–Kier alpha value is -2.58. The van der Waals surface area contributed by atoms with Crippen LogP contribution in [0.1, 0.15) is 12.0 Å². The van der Waals surface area contributed by atoms with Crippen LogP contribution in [0.4, 0.5) is 13.2 Å². The molecule has 3 amide bonds. The first kappa shape index (κ1) is 19.7. The molecule has 1 aliphatic heterocycles. The zero-order valence-electron chi connectivity index (χ0n) is 14.0. The van der Waals surface area contributed by atoms with Gasteiger partial charge in [-0.15, -0.1) is 0 Å². The van der Waals surface area contributed by atoms with Crippen molar-refractivity contribution in [3.05, 3.63) is 35.9 Å². The van der Waals surface area contributed by atoms with Crippen LogP contribution >= 0.6 is 0 Å². The third-order valence-corrected chi connectivity index (χ3v) is 3.91. The normalized spacial score (nSPS) is 17.3. The van der Waals surface area contributed by atoms with Gasteiger partial charge in [0.15, 0.2) is 0 Å². The summed E-state index contributed by atoms with van der Waals surface area (Å²) in [5.41, 5.74) is 0.864. The van der Waals surface area contributed by atoms with Gasteiger partial charge in [-0.1, -0.05) is 30.3 Å². The highest BCUT2D eigenvalue weighted by Gasteiger charge is 2.40. The van der Waals surface area contributed by atoms with Gasteiger partial charge in [-0.2, -0.15) is 13.2 Å². The molecular formula is C17H20F3N3O3. The summed E-state index contributed by atoms with van der Waals surface area (Å²) in [6.07, 6.45) is -4.50. The van der Waals surface area contributed by atoms with Gasteiger partial charge in [-0.25, -0.2) is 0 Å². The number of nitrogens with zero attached hydrogens (tertiary/aromatic N) is 1. The van der Waals surface area contributed by atoms with Gasteiger partial charge in [-0.3, -0.25) is 14.4 Å². The van der Waals surface area contributed by atoms with Crippen LogP contribution in [0.2, 0.25) is 0 Å². The molecule has 26 heavy (non-hydrogen) atoms. The van der Waals surface area contributed by atoms with Gasteiger partial charge in [-0.05, 0) is 5.56 Å². The van der Waals surface area contributed by atoms with Crippen molar-refractivity contribution < 1.29 is 27.6 Å². The van der Waals surface area contributed by atoms with E-state index in [-0.39, 0.29) is 38.4 Å². The summed E-state index contributed by atoms with van der Waals surface area (Å²) in [4.78, 5) is 35.9. The molecule has 1 aliphatic rings. The fourth-order valence-electron chi connectivity index (χ4n) is 2.69. The summed E-state index contributed by atoms with van der Waals surface area (Å²) in [5, 5.41) is 5.18. The lowest BCUT2D eigenvalue weighted by molar-refractivity contribution is -0.157. The summed E-state index contributed by atoms with van der Waals surface area (Å²) >= 11 is 0. The van der Waals surface area contributed by atoms with E-state index in [0.717, 1.165) is 5.56 Å². The molecule has 142 valence electrons. The lowest BCUT2D eigenvalue weighted by Crippen LogP contribution is -2.39. The summed E-state index contributed by atoms with van der Waals surface area (Å²) in [7, 11) is 0. The van der Waals surface area contributed by atoms with E-state index in [1.165, 1.54) is 0 Å². The molecule has 1 aromatic rings. The third kappa shape index (κ3) is 6.38. The SMILES string of the molecule is O=C(Cc1ccccc1)NCCNC(=O)C1CC(=O)N(CC(F)(F)F)C1. The lowest BCUT2D eigenvalue weighted by atomic mass is 10.1. The first-order valence-electron chi connectivity index (χ1n) is 8.17. The number of nitrogens with one attached hydrogen (secondary N) is 2. The van der Waals surface area contributed by atoms with Crippen LogP contribution in [0.5, 0.6) is 0 Å². The van der Waals surface area contributed by atoms with Gasteiger partial charge in [0.1, 0.15) is 6.54 Å². The van der Waals surface area contributed by atoms with Crippen LogP contribution < -0.4 is 10.6 Å². The number of carbonyl (C=O) groups is 3. The van der Waals surface area contributed by atoms with Gasteiger partial charge in [0.25, 0.3) is 0 Å². The van der Waals surface area contributed by atoms with E-state index < -0.39 is 30.5 Å². The molecule has 2 rings (SSSR count). The fourth-order valence-corrected chi connectivity index (χ4v) is 2.69. The number of halogens is 3.